The van der Waals surface area contributed by atoms with Crippen molar-refractivity contribution in [1.29, 1.82) is 5.26 Å². The van der Waals surface area contributed by atoms with Crippen molar-refractivity contribution in [3.05, 3.63) is 115 Å². The van der Waals surface area contributed by atoms with E-state index in [0.29, 0.717) is 28.0 Å². The Morgan fingerprint density at radius 1 is 1.10 bits per heavy atom. The van der Waals surface area contributed by atoms with Gasteiger partial charge < -0.3 is 4.74 Å². The van der Waals surface area contributed by atoms with Gasteiger partial charge in [-0.2, -0.15) is 5.26 Å². The fourth-order valence-corrected chi connectivity index (χ4v) is 5.83. The van der Waals surface area contributed by atoms with Gasteiger partial charge in [0.2, 0.25) is 0 Å². The van der Waals surface area contributed by atoms with Crippen LogP contribution in [0.4, 0.5) is 0 Å². The van der Waals surface area contributed by atoms with Gasteiger partial charge in [0.25, 0.3) is 5.56 Å². The van der Waals surface area contributed by atoms with E-state index in [2.05, 4.69) is 6.07 Å². The largest absolute Gasteiger partial charge is 0.497 e. The van der Waals surface area contributed by atoms with Gasteiger partial charge in [-0.15, -0.1) is 11.3 Å². The molecule has 39 heavy (non-hydrogen) atoms. The summed E-state index contributed by atoms with van der Waals surface area (Å²) in [5.74, 6) is 0.0941. The number of allylic oxidation sites excluding steroid dienone is 4. The summed E-state index contributed by atoms with van der Waals surface area (Å²) >= 11 is 1.43. The molecule has 0 spiro atoms. The molecule has 1 unspecified atom stereocenters. The first-order valence-corrected chi connectivity index (χ1v) is 13.5. The van der Waals surface area contributed by atoms with E-state index in [9.17, 15) is 19.6 Å². The maximum Gasteiger partial charge on any atom is 0.332 e. The molecular weight excluding hydrogens is 510 g/mol. The predicted octanol–water partition coefficient (Wildman–Crippen LogP) is 5.21. The highest BCUT2D eigenvalue weighted by Gasteiger charge is 2.20. The van der Waals surface area contributed by atoms with Crippen molar-refractivity contribution in [3.63, 3.8) is 0 Å². The van der Waals surface area contributed by atoms with Gasteiger partial charge in [-0.25, -0.2) is 4.79 Å². The normalized spacial score (nSPS) is 14.7. The zero-order valence-electron chi connectivity index (χ0n) is 21.7. The van der Waals surface area contributed by atoms with Crippen LogP contribution in [-0.2, 0) is 19.5 Å². The highest BCUT2D eigenvalue weighted by atomic mass is 32.1. The van der Waals surface area contributed by atoms with E-state index in [4.69, 9.17) is 4.74 Å². The average molecular weight is 538 g/mol. The first-order valence-electron chi connectivity index (χ1n) is 12.7. The molecule has 196 valence electrons. The van der Waals surface area contributed by atoms with Crippen molar-refractivity contribution >= 4 is 32.9 Å². The molecule has 7 nitrogen and oxygen atoms in total. The molecule has 0 aliphatic heterocycles. The lowest BCUT2D eigenvalue weighted by atomic mass is 9.87. The van der Waals surface area contributed by atoms with Crippen LogP contribution in [-0.4, -0.2) is 22.0 Å². The molecule has 0 saturated carbocycles. The van der Waals surface area contributed by atoms with Crippen molar-refractivity contribution in [3.8, 4) is 11.8 Å². The second-order valence-electron chi connectivity index (χ2n) is 9.36. The molecule has 0 saturated heterocycles. The Kier molecular flexibility index (Phi) is 7.44. The summed E-state index contributed by atoms with van der Waals surface area (Å²) in [6, 6.07) is 18.6. The number of methoxy groups -OCH3 is 1. The number of carbonyl (C=O) groups excluding carboxylic acids is 1. The first kappa shape index (κ1) is 26.1. The topological polar surface area (TPSA) is 94.1 Å². The summed E-state index contributed by atoms with van der Waals surface area (Å²) in [4.78, 5) is 41.7. The molecule has 5 rings (SSSR count). The second kappa shape index (κ2) is 11.1. The Morgan fingerprint density at radius 3 is 2.51 bits per heavy atom. The molecule has 0 radical (unpaired) electrons. The summed E-state index contributed by atoms with van der Waals surface area (Å²) in [5, 5.41) is 9.95. The van der Waals surface area contributed by atoms with Gasteiger partial charge in [-0.1, -0.05) is 49.4 Å². The number of hydrogen-bond acceptors (Lipinski definition) is 6. The number of Topliss-reactive ketones (excluding diaryl/α,β-unsaturated/α-hetero) is 1. The quantitative estimate of drug-likeness (QED) is 0.288. The Labute approximate surface area is 229 Å². The van der Waals surface area contributed by atoms with E-state index in [1.54, 1.807) is 35.9 Å². The SMILES string of the molecule is CCc1cc2c(=O)n(CC(=O)c3ccc(OC)cc3)c(=O)n(Cc3ccc(C4=CC=CCC4C#N)cc3)c2s1. The van der Waals surface area contributed by atoms with E-state index in [1.165, 1.54) is 11.3 Å². The molecule has 0 bridgehead atoms. The van der Waals surface area contributed by atoms with Crippen molar-refractivity contribution in [2.75, 3.05) is 7.11 Å². The Balaban J connectivity index is 1.52. The minimum Gasteiger partial charge on any atom is -0.497 e. The number of fused-ring (bicyclic) bond motifs is 1. The molecule has 0 fully saturated rings. The lowest BCUT2D eigenvalue weighted by Gasteiger charge is -2.16. The molecule has 1 aliphatic carbocycles. The number of aryl methyl sites for hydroxylation is 1. The highest BCUT2D eigenvalue weighted by Crippen LogP contribution is 2.30. The smallest absolute Gasteiger partial charge is 0.332 e. The van der Waals surface area contributed by atoms with E-state index >= 15 is 0 Å². The summed E-state index contributed by atoms with van der Waals surface area (Å²) in [7, 11) is 1.54. The molecule has 0 amide bonds. The minimum atomic E-state index is -0.521. The number of benzene rings is 2. The summed E-state index contributed by atoms with van der Waals surface area (Å²) in [5.41, 5.74) is 2.23. The molecular formula is C31H27N3O4S. The molecule has 2 aromatic heterocycles. The van der Waals surface area contributed by atoms with Crippen LogP contribution in [0.3, 0.4) is 0 Å². The number of aromatic nitrogens is 2. The fraction of sp³-hybridized carbons (Fsp3) is 0.226. The van der Waals surface area contributed by atoms with Crippen molar-refractivity contribution in [2.45, 2.75) is 32.9 Å². The summed E-state index contributed by atoms with van der Waals surface area (Å²) in [6.07, 6.45) is 7.34. The van der Waals surface area contributed by atoms with Crippen molar-refractivity contribution in [1.82, 2.24) is 9.13 Å². The van der Waals surface area contributed by atoms with E-state index in [-0.39, 0.29) is 24.8 Å². The van der Waals surface area contributed by atoms with Gasteiger partial charge in [-0.3, -0.25) is 18.7 Å². The van der Waals surface area contributed by atoms with Crippen molar-refractivity contribution in [2.24, 2.45) is 5.92 Å². The zero-order valence-corrected chi connectivity index (χ0v) is 22.5. The fourth-order valence-electron chi connectivity index (χ4n) is 4.75. The van der Waals surface area contributed by atoms with Crippen LogP contribution in [0, 0.1) is 17.2 Å². The van der Waals surface area contributed by atoms with Gasteiger partial charge in [0, 0.05) is 10.4 Å². The highest BCUT2D eigenvalue weighted by molar-refractivity contribution is 7.18. The molecule has 2 aromatic carbocycles. The average Bonchev–Trinajstić information content (AvgIpc) is 3.42. The van der Waals surface area contributed by atoms with Crippen molar-refractivity contribution < 1.29 is 9.53 Å². The van der Waals surface area contributed by atoms with E-state index in [1.807, 2.05) is 55.5 Å². The summed E-state index contributed by atoms with van der Waals surface area (Å²) in [6.45, 7) is 1.89. The van der Waals surface area contributed by atoms with Gasteiger partial charge in [0.15, 0.2) is 5.78 Å². The Hall–Kier alpha value is -4.48. The Bertz CT molecular complexity index is 1760. The molecule has 1 atom stereocenters. The van der Waals surface area contributed by atoms with Gasteiger partial charge >= 0.3 is 5.69 Å². The molecule has 1 aliphatic rings. The van der Waals surface area contributed by atoms with Gasteiger partial charge in [0.1, 0.15) is 10.6 Å². The summed E-state index contributed by atoms with van der Waals surface area (Å²) < 4.78 is 7.77. The van der Waals surface area contributed by atoms with Crippen LogP contribution in [0.25, 0.3) is 15.8 Å². The number of nitriles is 1. The van der Waals surface area contributed by atoms with Gasteiger partial charge in [0.05, 0.1) is 37.6 Å². The van der Waals surface area contributed by atoms with Gasteiger partial charge in [-0.05, 0) is 59.9 Å². The maximum atomic E-state index is 13.7. The van der Waals surface area contributed by atoms with Crippen LogP contribution in [0.5, 0.6) is 5.75 Å². The number of ether oxygens (including phenoxy) is 1. The molecule has 4 aromatic rings. The van der Waals surface area contributed by atoms with E-state index in [0.717, 1.165) is 32.6 Å². The van der Waals surface area contributed by atoms with E-state index < -0.39 is 11.2 Å². The van der Waals surface area contributed by atoms with Crippen LogP contribution < -0.4 is 16.0 Å². The van der Waals surface area contributed by atoms with Crippen LogP contribution >= 0.6 is 11.3 Å². The third kappa shape index (κ3) is 5.14. The second-order valence-corrected chi connectivity index (χ2v) is 10.5. The third-order valence-electron chi connectivity index (χ3n) is 6.95. The first-order chi connectivity index (χ1) is 18.9. The lowest BCUT2D eigenvalue weighted by molar-refractivity contribution is 0.0969. The molecule has 2 heterocycles. The number of nitrogens with zero attached hydrogens (tertiary/aromatic N) is 3. The molecule has 8 heteroatoms. The number of hydrogen-bond donors (Lipinski definition) is 0. The zero-order chi connectivity index (χ0) is 27.5. The standard InChI is InChI=1S/C31H27N3O4S/c1-3-25-16-27-29(36)33(19-28(35)22-12-14-24(38-2)15-13-22)31(37)34(30(27)39-25)18-20-8-10-21(11-9-20)26-7-5-4-6-23(26)17-32/h4-5,7-16,23H,3,6,18-19H2,1-2H3. The maximum absolute atomic E-state index is 13.7. The van der Waals surface area contributed by atoms with Crippen LogP contribution in [0.2, 0.25) is 0 Å². The van der Waals surface area contributed by atoms with Crippen LogP contribution in [0.15, 0.2) is 82.4 Å². The van der Waals surface area contributed by atoms with Crippen LogP contribution in [0.1, 0.15) is 39.7 Å². The Morgan fingerprint density at radius 2 is 1.85 bits per heavy atom. The number of thiophene rings is 1. The lowest BCUT2D eigenvalue weighted by Crippen LogP contribution is -2.41. The predicted molar refractivity (Wildman–Crippen MR) is 153 cm³/mol. The number of carbonyl (C=O) groups is 1. The molecule has 0 N–H and O–H groups in total. The third-order valence-corrected chi connectivity index (χ3v) is 8.25. The number of ketones is 1. The minimum absolute atomic E-state index is 0.187. The number of rotatable bonds is 8. The monoisotopic (exact) mass is 537 g/mol.